The van der Waals surface area contributed by atoms with E-state index in [1.165, 1.54) is 4.90 Å². The van der Waals surface area contributed by atoms with E-state index >= 15 is 0 Å². The summed E-state index contributed by atoms with van der Waals surface area (Å²) in [6.07, 6.45) is 4.64. The van der Waals surface area contributed by atoms with Crippen molar-refractivity contribution < 1.29 is 19.4 Å². The Morgan fingerprint density at radius 3 is 2.70 bits per heavy atom. The lowest BCUT2D eigenvalue weighted by Crippen LogP contribution is -2.43. The van der Waals surface area contributed by atoms with Gasteiger partial charge in [-0.3, -0.25) is 4.79 Å². The number of fused-ring (bicyclic) bond motifs is 1. The molecular weight excluding hydrogens is 294 g/mol. The van der Waals surface area contributed by atoms with Gasteiger partial charge in [0.2, 0.25) is 0 Å². The van der Waals surface area contributed by atoms with E-state index in [-0.39, 0.29) is 11.8 Å². The van der Waals surface area contributed by atoms with Gasteiger partial charge in [-0.05, 0) is 48.9 Å². The molecule has 1 aliphatic carbocycles. The van der Waals surface area contributed by atoms with Gasteiger partial charge < -0.3 is 14.7 Å². The van der Waals surface area contributed by atoms with Gasteiger partial charge in [0.05, 0.1) is 0 Å². The second-order valence-corrected chi connectivity index (χ2v) is 6.22. The number of carboxylic acids is 1. The standard InChI is InChI=1S/C18H21NO4/c1-2-10-23-14-8-6-12(7-9-14)17(20)19-11-13-4-3-5-15(13)16(19)18(21)22/h2,6-9,13,15-16H,1,3-5,10-11H2,(H,21,22). The molecular formula is C18H21NO4. The Labute approximate surface area is 135 Å². The number of carbonyl (C=O) groups is 2. The van der Waals surface area contributed by atoms with Crippen LogP contribution >= 0.6 is 0 Å². The molecule has 3 atom stereocenters. The van der Waals surface area contributed by atoms with Crippen molar-refractivity contribution >= 4 is 11.9 Å². The van der Waals surface area contributed by atoms with Gasteiger partial charge in [-0.1, -0.05) is 19.1 Å². The second kappa shape index (κ2) is 6.44. The number of carboxylic acid groups (broad SMARTS) is 1. The number of aliphatic carboxylic acids is 1. The molecule has 122 valence electrons. The molecule has 0 spiro atoms. The molecule has 1 aliphatic heterocycles. The number of hydrogen-bond donors (Lipinski definition) is 1. The van der Waals surface area contributed by atoms with Crippen LogP contribution in [0, 0.1) is 11.8 Å². The number of rotatable bonds is 5. The molecule has 0 bridgehead atoms. The normalized spacial score (nSPS) is 25.9. The molecule has 1 N–H and O–H groups in total. The van der Waals surface area contributed by atoms with Crippen molar-refractivity contribution in [3.63, 3.8) is 0 Å². The number of nitrogens with zero attached hydrogens (tertiary/aromatic N) is 1. The van der Waals surface area contributed by atoms with Crippen molar-refractivity contribution in [2.24, 2.45) is 11.8 Å². The largest absolute Gasteiger partial charge is 0.490 e. The van der Waals surface area contributed by atoms with E-state index in [4.69, 9.17) is 4.74 Å². The van der Waals surface area contributed by atoms with Gasteiger partial charge in [0, 0.05) is 12.1 Å². The van der Waals surface area contributed by atoms with Crippen molar-refractivity contribution in [1.82, 2.24) is 4.90 Å². The average molecular weight is 315 g/mol. The smallest absolute Gasteiger partial charge is 0.326 e. The summed E-state index contributed by atoms with van der Waals surface area (Å²) in [4.78, 5) is 25.9. The van der Waals surface area contributed by atoms with E-state index in [2.05, 4.69) is 6.58 Å². The molecule has 2 fully saturated rings. The minimum Gasteiger partial charge on any atom is -0.490 e. The van der Waals surface area contributed by atoms with Gasteiger partial charge in [0.15, 0.2) is 0 Å². The van der Waals surface area contributed by atoms with Gasteiger partial charge >= 0.3 is 5.97 Å². The first-order valence-electron chi connectivity index (χ1n) is 7.99. The van der Waals surface area contributed by atoms with Crippen LogP contribution in [0.15, 0.2) is 36.9 Å². The van der Waals surface area contributed by atoms with Crippen LogP contribution in [-0.2, 0) is 4.79 Å². The van der Waals surface area contributed by atoms with Crippen LogP contribution in [0.1, 0.15) is 29.6 Å². The first-order valence-corrected chi connectivity index (χ1v) is 7.99. The van der Waals surface area contributed by atoms with Crippen LogP contribution in [0.5, 0.6) is 5.75 Å². The molecule has 1 aromatic rings. The fourth-order valence-corrected chi connectivity index (χ4v) is 3.85. The van der Waals surface area contributed by atoms with Crippen LogP contribution in [0.2, 0.25) is 0 Å². The average Bonchev–Trinajstić information content (AvgIpc) is 3.12. The van der Waals surface area contributed by atoms with E-state index in [0.29, 0.717) is 30.4 Å². The fraction of sp³-hybridized carbons (Fsp3) is 0.444. The van der Waals surface area contributed by atoms with Crippen LogP contribution in [-0.4, -0.2) is 41.1 Å². The monoisotopic (exact) mass is 315 g/mol. The molecule has 5 nitrogen and oxygen atoms in total. The Kier molecular flexibility index (Phi) is 4.37. The molecule has 23 heavy (non-hydrogen) atoms. The highest BCUT2D eigenvalue weighted by molar-refractivity contribution is 5.97. The van der Waals surface area contributed by atoms with Gasteiger partial charge in [0.25, 0.3) is 5.91 Å². The summed E-state index contributed by atoms with van der Waals surface area (Å²) in [5.74, 6) is -0.00261. The third kappa shape index (κ3) is 2.96. The van der Waals surface area contributed by atoms with Crippen molar-refractivity contribution in [2.45, 2.75) is 25.3 Å². The lowest BCUT2D eigenvalue weighted by molar-refractivity contribution is -0.142. The Morgan fingerprint density at radius 2 is 2.04 bits per heavy atom. The van der Waals surface area contributed by atoms with Crippen molar-refractivity contribution in [2.75, 3.05) is 13.2 Å². The first-order chi connectivity index (χ1) is 11.1. The Bertz CT molecular complexity index is 610. The maximum absolute atomic E-state index is 12.7. The second-order valence-electron chi connectivity index (χ2n) is 6.22. The summed E-state index contributed by atoms with van der Waals surface area (Å²) in [5.41, 5.74) is 0.502. The lowest BCUT2D eigenvalue weighted by atomic mass is 9.94. The maximum Gasteiger partial charge on any atom is 0.326 e. The number of amides is 1. The summed E-state index contributed by atoms with van der Waals surface area (Å²) >= 11 is 0. The Morgan fingerprint density at radius 1 is 1.30 bits per heavy atom. The Balaban J connectivity index is 1.76. The SMILES string of the molecule is C=CCOc1ccc(C(=O)N2CC3CCCC3C2C(=O)O)cc1. The number of benzene rings is 1. The highest BCUT2D eigenvalue weighted by Gasteiger charge is 2.49. The van der Waals surface area contributed by atoms with Crippen LogP contribution in [0.3, 0.4) is 0 Å². The molecule has 1 amide bonds. The maximum atomic E-state index is 12.7. The van der Waals surface area contributed by atoms with Crippen molar-refractivity contribution in [3.05, 3.63) is 42.5 Å². The van der Waals surface area contributed by atoms with Gasteiger partial charge in [0.1, 0.15) is 18.4 Å². The molecule has 3 unspecified atom stereocenters. The summed E-state index contributed by atoms with van der Waals surface area (Å²) < 4.78 is 5.40. The van der Waals surface area contributed by atoms with E-state index < -0.39 is 12.0 Å². The molecule has 0 aromatic heterocycles. The zero-order chi connectivity index (χ0) is 16.4. The molecule has 5 heteroatoms. The predicted molar refractivity (Wildman–Crippen MR) is 85.4 cm³/mol. The summed E-state index contributed by atoms with van der Waals surface area (Å²) in [7, 11) is 0. The van der Waals surface area contributed by atoms with E-state index in [1.54, 1.807) is 30.3 Å². The highest BCUT2D eigenvalue weighted by atomic mass is 16.5. The zero-order valence-electron chi connectivity index (χ0n) is 13.0. The Hall–Kier alpha value is -2.30. The van der Waals surface area contributed by atoms with Crippen LogP contribution in [0.4, 0.5) is 0 Å². The van der Waals surface area contributed by atoms with Gasteiger partial charge in [-0.2, -0.15) is 0 Å². The lowest BCUT2D eigenvalue weighted by Gasteiger charge is -2.24. The molecule has 3 rings (SSSR count). The number of ether oxygens (including phenoxy) is 1. The van der Waals surface area contributed by atoms with Gasteiger partial charge in [-0.25, -0.2) is 4.79 Å². The minimum absolute atomic E-state index is 0.103. The number of carbonyl (C=O) groups excluding carboxylic acids is 1. The van der Waals surface area contributed by atoms with E-state index in [9.17, 15) is 14.7 Å². The quantitative estimate of drug-likeness (QED) is 0.848. The number of hydrogen-bond acceptors (Lipinski definition) is 3. The third-order valence-corrected chi connectivity index (χ3v) is 4.87. The topological polar surface area (TPSA) is 66.8 Å². The zero-order valence-corrected chi connectivity index (χ0v) is 13.0. The van der Waals surface area contributed by atoms with Crippen LogP contribution in [0.25, 0.3) is 0 Å². The van der Waals surface area contributed by atoms with Gasteiger partial charge in [-0.15, -0.1) is 0 Å². The predicted octanol–water partition coefficient (Wildman–Crippen LogP) is 2.58. The van der Waals surface area contributed by atoms with E-state index in [1.807, 2.05) is 0 Å². The summed E-state index contributed by atoms with van der Waals surface area (Å²) in [6, 6.07) is 6.14. The summed E-state index contributed by atoms with van der Waals surface area (Å²) in [5, 5.41) is 9.54. The van der Waals surface area contributed by atoms with Crippen molar-refractivity contribution in [1.29, 1.82) is 0 Å². The molecule has 0 radical (unpaired) electrons. The fourth-order valence-electron chi connectivity index (χ4n) is 3.85. The number of likely N-dealkylation sites (tertiary alicyclic amines) is 1. The molecule has 1 saturated heterocycles. The van der Waals surface area contributed by atoms with E-state index in [0.717, 1.165) is 19.3 Å². The highest BCUT2D eigenvalue weighted by Crippen LogP contribution is 2.42. The summed E-state index contributed by atoms with van der Waals surface area (Å²) in [6.45, 7) is 4.54. The molecule has 1 saturated carbocycles. The molecule has 1 aromatic carbocycles. The van der Waals surface area contributed by atoms with Crippen LogP contribution < -0.4 is 4.74 Å². The minimum atomic E-state index is -0.890. The first kappa shape index (κ1) is 15.6. The molecule has 2 aliphatic rings. The third-order valence-electron chi connectivity index (χ3n) is 4.87. The molecule has 1 heterocycles. The van der Waals surface area contributed by atoms with Crippen molar-refractivity contribution in [3.8, 4) is 5.75 Å².